The van der Waals surface area contributed by atoms with Crippen molar-refractivity contribution in [3.63, 3.8) is 0 Å². The minimum atomic E-state index is -0.542. The van der Waals surface area contributed by atoms with E-state index in [1.165, 1.54) is 0 Å². The van der Waals surface area contributed by atoms with E-state index < -0.39 is 5.41 Å². The van der Waals surface area contributed by atoms with E-state index in [0.29, 0.717) is 41.7 Å². The number of para-hydroxylation sites is 1. The predicted molar refractivity (Wildman–Crippen MR) is 100 cm³/mol. The predicted octanol–water partition coefficient (Wildman–Crippen LogP) is 5.08. The van der Waals surface area contributed by atoms with Crippen LogP contribution in [0.3, 0.4) is 0 Å². The van der Waals surface area contributed by atoms with Crippen LogP contribution in [0.15, 0.2) is 48.5 Å². The van der Waals surface area contributed by atoms with Gasteiger partial charge in [0.2, 0.25) is 0 Å². The van der Waals surface area contributed by atoms with Crippen LogP contribution >= 0.6 is 23.2 Å². The summed E-state index contributed by atoms with van der Waals surface area (Å²) in [5.74, 6) is 0. The molecule has 1 saturated heterocycles. The third-order valence-electron chi connectivity index (χ3n) is 4.64. The fourth-order valence-corrected chi connectivity index (χ4v) is 3.61. The van der Waals surface area contributed by atoms with Gasteiger partial charge in [0.15, 0.2) is 0 Å². The van der Waals surface area contributed by atoms with Crippen molar-refractivity contribution in [3.05, 3.63) is 64.1 Å². The first-order valence-corrected chi connectivity index (χ1v) is 8.78. The summed E-state index contributed by atoms with van der Waals surface area (Å²) in [6, 6.07) is 17.0. The summed E-state index contributed by atoms with van der Waals surface area (Å²) in [5.41, 5.74) is 0.878. The molecule has 0 spiro atoms. The molecule has 1 aliphatic heterocycles. The third-order valence-corrected chi connectivity index (χ3v) is 5.27. The Balaban J connectivity index is 1.70. The van der Waals surface area contributed by atoms with Gasteiger partial charge in [0, 0.05) is 13.1 Å². The van der Waals surface area contributed by atoms with Crippen LogP contribution in [0.4, 0.5) is 10.5 Å². The van der Waals surface area contributed by atoms with E-state index in [-0.39, 0.29) is 6.03 Å². The first-order valence-electron chi connectivity index (χ1n) is 8.02. The zero-order chi connectivity index (χ0) is 17.9. The smallest absolute Gasteiger partial charge is 0.321 e. The number of likely N-dealkylation sites (tertiary alicyclic amines) is 1. The molecule has 0 aliphatic carbocycles. The second kappa shape index (κ2) is 7.35. The second-order valence-electron chi connectivity index (χ2n) is 6.07. The number of piperidine rings is 1. The van der Waals surface area contributed by atoms with Crippen LogP contribution in [0.5, 0.6) is 0 Å². The average molecular weight is 374 g/mol. The van der Waals surface area contributed by atoms with Crippen molar-refractivity contribution < 1.29 is 4.79 Å². The molecule has 128 valence electrons. The highest BCUT2D eigenvalue weighted by Crippen LogP contribution is 2.35. The van der Waals surface area contributed by atoms with Crippen LogP contribution in [-0.2, 0) is 5.41 Å². The normalized spacial score (nSPS) is 16.1. The van der Waals surface area contributed by atoms with Gasteiger partial charge in [-0.1, -0.05) is 59.6 Å². The van der Waals surface area contributed by atoms with Crippen LogP contribution in [0.1, 0.15) is 18.4 Å². The van der Waals surface area contributed by atoms with Gasteiger partial charge >= 0.3 is 6.03 Å². The number of anilines is 1. The molecule has 6 heteroatoms. The maximum atomic E-state index is 12.5. The van der Waals surface area contributed by atoms with Crippen molar-refractivity contribution in [2.45, 2.75) is 18.3 Å². The molecule has 2 amide bonds. The first kappa shape index (κ1) is 17.6. The van der Waals surface area contributed by atoms with Crippen LogP contribution in [0.25, 0.3) is 0 Å². The van der Waals surface area contributed by atoms with Crippen molar-refractivity contribution in [1.82, 2.24) is 4.90 Å². The Morgan fingerprint density at radius 1 is 1.04 bits per heavy atom. The topological polar surface area (TPSA) is 56.1 Å². The number of rotatable bonds is 2. The summed E-state index contributed by atoms with van der Waals surface area (Å²) in [5, 5.41) is 13.3. The number of nitriles is 1. The third kappa shape index (κ3) is 3.58. The van der Waals surface area contributed by atoms with E-state index in [9.17, 15) is 10.1 Å². The number of benzene rings is 2. The molecule has 2 aromatic carbocycles. The number of amides is 2. The molecule has 0 aromatic heterocycles. The molecule has 0 saturated carbocycles. The Morgan fingerprint density at radius 3 is 2.20 bits per heavy atom. The van der Waals surface area contributed by atoms with Gasteiger partial charge in [-0.15, -0.1) is 0 Å². The number of carbonyl (C=O) groups excluding carboxylic acids is 1. The molecule has 3 rings (SSSR count). The van der Waals surface area contributed by atoms with E-state index in [1.807, 2.05) is 30.3 Å². The number of hydrogen-bond donors (Lipinski definition) is 1. The molecule has 4 nitrogen and oxygen atoms in total. The highest BCUT2D eigenvalue weighted by Gasteiger charge is 2.37. The minimum absolute atomic E-state index is 0.255. The molecule has 0 unspecified atom stereocenters. The van der Waals surface area contributed by atoms with Gasteiger partial charge in [0.1, 0.15) is 0 Å². The number of halogens is 2. The zero-order valence-corrected chi connectivity index (χ0v) is 15.0. The first-order chi connectivity index (χ1) is 12.1. The number of carbonyl (C=O) groups is 1. The standard InChI is InChI=1S/C19H17Cl2N3O/c20-15-7-4-8-16(21)17(15)23-18(25)24-11-9-19(13-22,10-12-24)14-5-2-1-3-6-14/h1-8H,9-12H2,(H,23,25). The average Bonchev–Trinajstić information content (AvgIpc) is 2.65. The molecule has 0 radical (unpaired) electrons. The Labute approximate surface area is 157 Å². The zero-order valence-electron chi connectivity index (χ0n) is 13.5. The van der Waals surface area contributed by atoms with Crippen molar-refractivity contribution in [2.75, 3.05) is 18.4 Å². The van der Waals surface area contributed by atoms with Crippen molar-refractivity contribution in [1.29, 1.82) is 5.26 Å². The molecule has 25 heavy (non-hydrogen) atoms. The monoisotopic (exact) mass is 373 g/mol. The van der Waals surface area contributed by atoms with Gasteiger partial charge in [-0.05, 0) is 30.5 Å². The van der Waals surface area contributed by atoms with E-state index in [1.54, 1.807) is 23.1 Å². The van der Waals surface area contributed by atoms with E-state index >= 15 is 0 Å². The highest BCUT2D eigenvalue weighted by atomic mass is 35.5. The van der Waals surface area contributed by atoms with Crippen molar-refractivity contribution in [3.8, 4) is 6.07 Å². The lowest BCUT2D eigenvalue weighted by atomic mass is 9.74. The largest absolute Gasteiger partial charge is 0.324 e. The molecule has 0 bridgehead atoms. The molecule has 0 atom stereocenters. The number of hydrogen-bond acceptors (Lipinski definition) is 2. The summed E-state index contributed by atoms with van der Waals surface area (Å²) < 4.78 is 0. The van der Waals surface area contributed by atoms with Crippen LogP contribution < -0.4 is 5.32 Å². The SMILES string of the molecule is N#CC1(c2ccccc2)CCN(C(=O)Nc2c(Cl)cccc2Cl)CC1. The molecular weight excluding hydrogens is 357 g/mol. The second-order valence-corrected chi connectivity index (χ2v) is 6.89. The fraction of sp³-hybridized carbons (Fsp3) is 0.263. The van der Waals surface area contributed by atoms with E-state index in [4.69, 9.17) is 23.2 Å². The maximum absolute atomic E-state index is 12.5. The lowest BCUT2D eigenvalue weighted by Crippen LogP contribution is -2.46. The van der Waals surface area contributed by atoms with Gasteiger partial charge in [-0.25, -0.2) is 4.79 Å². The molecule has 1 heterocycles. The van der Waals surface area contributed by atoms with Gasteiger partial charge in [-0.3, -0.25) is 0 Å². The summed E-state index contributed by atoms with van der Waals surface area (Å²) in [6.45, 7) is 0.993. The van der Waals surface area contributed by atoms with E-state index in [0.717, 1.165) is 5.56 Å². The molecule has 1 aliphatic rings. The Kier molecular flexibility index (Phi) is 5.17. The Morgan fingerprint density at radius 2 is 1.64 bits per heavy atom. The summed E-state index contributed by atoms with van der Waals surface area (Å²) >= 11 is 12.2. The van der Waals surface area contributed by atoms with Gasteiger partial charge in [-0.2, -0.15) is 5.26 Å². The lowest BCUT2D eigenvalue weighted by molar-refractivity contribution is 0.183. The fourth-order valence-electron chi connectivity index (χ4n) is 3.12. The number of nitrogens with one attached hydrogen (secondary N) is 1. The van der Waals surface area contributed by atoms with Gasteiger partial charge < -0.3 is 10.2 Å². The highest BCUT2D eigenvalue weighted by molar-refractivity contribution is 6.39. The lowest BCUT2D eigenvalue weighted by Gasteiger charge is -2.37. The minimum Gasteiger partial charge on any atom is -0.324 e. The van der Waals surface area contributed by atoms with Crippen molar-refractivity contribution in [2.24, 2.45) is 0 Å². The van der Waals surface area contributed by atoms with Crippen LogP contribution in [-0.4, -0.2) is 24.0 Å². The molecule has 1 fully saturated rings. The molecule has 2 aromatic rings. The van der Waals surface area contributed by atoms with Crippen molar-refractivity contribution >= 4 is 34.9 Å². The summed E-state index contributed by atoms with van der Waals surface area (Å²) in [7, 11) is 0. The molecular formula is C19H17Cl2N3O. The quantitative estimate of drug-likeness (QED) is 0.797. The maximum Gasteiger partial charge on any atom is 0.321 e. The molecule has 1 N–H and O–H groups in total. The van der Waals surface area contributed by atoms with Crippen LogP contribution in [0.2, 0.25) is 10.0 Å². The Hall–Kier alpha value is -2.22. The summed E-state index contributed by atoms with van der Waals surface area (Å²) in [6.07, 6.45) is 1.19. The van der Waals surface area contributed by atoms with Gasteiger partial charge in [0.25, 0.3) is 0 Å². The number of urea groups is 1. The number of nitrogens with zero attached hydrogens (tertiary/aromatic N) is 2. The van der Waals surface area contributed by atoms with Gasteiger partial charge in [0.05, 0.1) is 27.2 Å². The van der Waals surface area contributed by atoms with E-state index in [2.05, 4.69) is 11.4 Å². The van der Waals surface area contributed by atoms with Crippen LogP contribution in [0, 0.1) is 11.3 Å². The Bertz CT molecular complexity index is 789. The summed E-state index contributed by atoms with van der Waals surface area (Å²) in [4.78, 5) is 14.2.